The SMILES string of the molecule is CC(C)(CO)[C@H](c1cc(O)ccc1Br)N1CCNCC1.Cl. The lowest BCUT2D eigenvalue weighted by molar-refractivity contribution is 0.0300. The molecule has 0 unspecified atom stereocenters. The van der Waals surface area contributed by atoms with Crippen LogP contribution in [0.4, 0.5) is 0 Å². The molecule has 1 aliphatic heterocycles. The molecule has 1 aliphatic rings. The number of benzene rings is 1. The van der Waals surface area contributed by atoms with Crippen molar-refractivity contribution in [1.82, 2.24) is 10.2 Å². The largest absolute Gasteiger partial charge is 0.508 e. The number of hydrogen-bond donors (Lipinski definition) is 3. The molecule has 0 amide bonds. The Hall–Kier alpha value is -0.330. The fraction of sp³-hybridized carbons (Fsp3) is 0.600. The maximum absolute atomic E-state index is 9.81. The number of aliphatic hydroxyl groups is 1. The van der Waals surface area contributed by atoms with Crippen LogP contribution in [0.3, 0.4) is 0 Å². The Kier molecular flexibility index (Phi) is 6.94. The number of nitrogens with one attached hydrogen (secondary N) is 1. The smallest absolute Gasteiger partial charge is 0.115 e. The van der Waals surface area contributed by atoms with Crippen LogP contribution in [0.15, 0.2) is 22.7 Å². The van der Waals surface area contributed by atoms with Gasteiger partial charge in [-0.25, -0.2) is 0 Å². The molecule has 0 radical (unpaired) electrons. The van der Waals surface area contributed by atoms with Gasteiger partial charge in [-0.1, -0.05) is 29.8 Å². The fourth-order valence-electron chi connectivity index (χ4n) is 2.88. The zero-order chi connectivity index (χ0) is 14.8. The average Bonchev–Trinajstić information content (AvgIpc) is 2.44. The lowest BCUT2D eigenvalue weighted by Gasteiger charge is -2.43. The number of piperazine rings is 1. The molecule has 1 heterocycles. The molecule has 0 bridgehead atoms. The van der Waals surface area contributed by atoms with E-state index in [0.717, 1.165) is 36.2 Å². The van der Waals surface area contributed by atoms with E-state index in [1.807, 2.05) is 6.07 Å². The van der Waals surface area contributed by atoms with Gasteiger partial charge in [0.15, 0.2) is 0 Å². The molecule has 1 aromatic rings. The maximum atomic E-state index is 9.81. The van der Waals surface area contributed by atoms with Gasteiger partial charge in [-0.3, -0.25) is 4.90 Å². The number of hydrogen-bond acceptors (Lipinski definition) is 4. The molecule has 21 heavy (non-hydrogen) atoms. The maximum Gasteiger partial charge on any atom is 0.115 e. The van der Waals surface area contributed by atoms with Crippen LogP contribution >= 0.6 is 28.3 Å². The molecule has 1 fully saturated rings. The van der Waals surface area contributed by atoms with E-state index < -0.39 is 0 Å². The van der Waals surface area contributed by atoms with Gasteiger partial charge >= 0.3 is 0 Å². The van der Waals surface area contributed by atoms with Gasteiger partial charge in [-0.2, -0.15) is 0 Å². The summed E-state index contributed by atoms with van der Waals surface area (Å²) in [6.07, 6.45) is 0. The molecule has 120 valence electrons. The third-order valence-corrected chi connectivity index (χ3v) is 4.66. The summed E-state index contributed by atoms with van der Waals surface area (Å²) in [7, 11) is 0. The molecule has 1 atom stereocenters. The predicted molar refractivity (Wildman–Crippen MR) is 91.1 cm³/mol. The van der Waals surface area contributed by atoms with Gasteiger partial charge < -0.3 is 15.5 Å². The second-order valence-electron chi connectivity index (χ2n) is 6.04. The minimum atomic E-state index is -0.284. The lowest BCUT2D eigenvalue weighted by atomic mass is 9.79. The van der Waals surface area contributed by atoms with E-state index in [9.17, 15) is 10.2 Å². The molecule has 0 spiro atoms. The number of aromatic hydroxyl groups is 1. The molecule has 0 aliphatic carbocycles. The van der Waals surface area contributed by atoms with Gasteiger partial charge in [-0.15, -0.1) is 12.4 Å². The lowest BCUT2D eigenvalue weighted by Crippen LogP contribution is -2.49. The van der Waals surface area contributed by atoms with Gasteiger partial charge in [-0.05, 0) is 23.8 Å². The first-order valence-electron chi connectivity index (χ1n) is 7.00. The number of phenols is 1. The van der Waals surface area contributed by atoms with Crippen LogP contribution in [0.1, 0.15) is 25.5 Å². The third-order valence-electron chi connectivity index (χ3n) is 3.94. The third kappa shape index (κ3) is 4.33. The Labute approximate surface area is 141 Å². The molecule has 1 aromatic carbocycles. The molecule has 1 saturated heterocycles. The Balaban J connectivity index is 0.00000220. The predicted octanol–water partition coefficient (Wildman–Crippen LogP) is 2.54. The average molecular weight is 380 g/mol. The molecule has 4 nitrogen and oxygen atoms in total. The van der Waals surface area contributed by atoms with E-state index in [-0.39, 0.29) is 36.2 Å². The number of rotatable bonds is 4. The summed E-state index contributed by atoms with van der Waals surface area (Å²) in [4.78, 5) is 2.38. The first-order valence-corrected chi connectivity index (χ1v) is 7.79. The Morgan fingerprint density at radius 2 is 1.95 bits per heavy atom. The number of halogens is 2. The van der Waals surface area contributed by atoms with Crippen LogP contribution in [-0.2, 0) is 0 Å². The standard InChI is InChI=1S/C15H23BrN2O2.ClH/c1-15(2,10-19)14(18-7-5-17-6-8-18)12-9-11(20)3-4-13(12)16;/h3-4,9,14,17,19-20H,5-8,10H2,1-2H3;1H/t14-;/m0./s1. The molecule has 6 heteroatoms. The fourth-order valence-corrected chi connectivity index (χ4v) is 3.34. The number of phenolic OH excluding ortho intramolecular Hbond substituents is 1. The van der Waals surface area contributed by atoms with Crippen molar-refractivity contribution >= 4 is 28.3 Å². The highest BCUT2D eigenvalue weighted by Crippen LogP contribution is 2.42. The highest BCUT2D eigenvalue weighted by molar-refractivity contribution is 9.10. The van der Waals surface area contributed by atoms with Crippen LogP contribution in [0.2, 0.25) is 0 Å². The summed E-state index contributed by atoms with van der Waals surface area (Å²) < 4.78 is 0.973. The Morgan fingerprint density at radius 3 is 2.52 bits per heavy atom. The van der Waals surface area contributed by atoms with Crippen LogP contribution in [0.25, 0.3) is 0 Å². The summed E-state index contributed by atoms with van der Waals surface area (Å²) in [6, 6.07) is 5.41. The Bertz CT molecular complexity index is 465. The van der Waals surface area contributed by atoms with E-state index in [0.29, 0.717) is 0 Å². The van der Waals surface area contributed by atoms with Crippen molar-refractivity contribution in [3.05, 3.63) is 28.2 Å². The normalized spacial score (nSPS) is 18.1. The highest BCUT2D eigenvalue weighted by atomic mass is 79.9. The van der Waals surface area contributed by atoms with Gasteiger partial charge in [0.2, 0.25) is 0 Å². The van der Waals surface area contributed by atoms with Crippen molar-refractivity contribution in [2.75, 3.05) is 32.8 Å². The Morgan fingerprint density at radius 1 is 1.33 bits per heavy atom. The summed E-state index contributed by atoms with van der Waals surface area (Å²) >= 11 is 3.58. The van der Waals surface area contributed by atoms with Gasteiger partial charge in [0.1, 0.15) is 5.75 Å². The van der Waals surface area contributed by atoms with Crippen LogP contribution in [0, 0.1) is 5.41 Å². The molecular formula is C15H24BrClN2O2. The molecule has 2 rings (SSSR count). The number of aliphatic hydroxyl groups excluding tert-OH is 1. The second kappa shape index (κ2) is 7.79. The summed E-state index contributed by atoms with van der Waals surface area (Å²) in [5.74, 6) is 0.261. The van der Waals surface area contributed by atoms with Crippen molar-refractivity contribution in [2.24, 2.45) is 5.41 Å². The summed E-state index contributed by atoms with van der Waals surface area (Å²) in [5, 5.41) is 23.0. The van der Waals surface area contributed by atoms with Crippen molar-refractivity contribution in [3.8, 4) is 5.75 Å². The van der Waals surface area contributed by atoms with Crippen molar-refractivity contribution in [2.45, 2.75) is 19.9 Å². The van der Waals surface area contributed by atoms with Crippen LogP contribution in [0.5, 0.6) is 5.75 Å². The molecule has 0 aromatic heterocycles. The van der Waals surface area contributed by atoms with Crippen molar-refractivity contribution in [1.29, 1.82) is 0 Å². The minimum absolute atomic E-state index is 0. The van der Waals surface area contributed by atoms with Crippen LogP contribution in [-0.4, -0.2) is 47.9 Å². The molecular weight excluding hydrogens is 356 g/mol. The van der Waals surface area contributed by atoms with E-state index in [1.165, 1.54) is 0 Å². The second-order valence-corrected chi connectivity index (χ2v) is 6.90. The molecule has 3 N–H and O–H groups in total. The first kappa shape index (κ1) is 18.7. The highest BCUT2D eigenvalue weighted by Gasteiger charge is 2.36. The van der Waals surface area contributed by atoms with Crippen molar-refractivity contribution < 1.29 is 10.2 Å². The minimum Gasteiger partial charge on any atom is -0.508 e. The monoisotopic (exact) mass is 378 g/mol. The summed E-state index contributed by atoms with van der Waals surface area (Å²) in [6.45, 7) is 8.02. The van der Waals surface area contributed by atoms with E-state index in [1.54, 1.807) is 12.1 Å². The van der Waals surface area contributed by atoms with Crippen molar-refractivity contribution in [3.63, 3.8) is 0 Å². The topological polar surface area (TPSA) is 55.7 Å². The summed E-state index contributed by atoms with van der Waals surface area (Å²) in [5.41, 5.74) is 0.749. The quantitative estimate of drug-likeness (QED) is 0.752. The zero-order valence-electron chi connectivity index (χ0n) is 12.5. The zero-order valence-corrected chi connectivity index (χ0v) is 14.9. The van der Waals surface area contributed by atoms with Crippen LogP contribution < -0.4 is 5.32 Å². The van der Waals surface area contributed by atoms with Gasteiger partial charge in [0, 0.05) is 48.7 Å². The van der Waals surface area contributed by atoms with E-state index in [2.05, 4.69) is 40.0 Å². The first-order chi connectivity index (χ1) is 9.45. The number of nitrogens with zero attached hydrogens (tertiary/aromatic N) is 1. The van der Waals surface area contributed by atoms with Gasteiger partial charge in [0.25, 0.3) is 0 Å². The molecule has 0 saturated carbocycles. The van der Waals surface area contributed by atoms with E-state index in [4.69, 9.17) is 0 Å². The van der Waals surface area contributed by atoms with E-state index >= 15 is 0 Å². The van der Waals surface area contributed by atoms with Gasteiger partial charge in [0.05, 0.1) is 0 Å².